The Hall–Kier alpha value is -2.24. The largest absolute Gasteiger partial charge is 0.416 e. The van der Waals surface area contributed by atoms with E-state index in [4.69, 9.17) is 0 Å². The fraction of sp³-hybridized carbons (Fsp3) is 0.0769. The van der Waals surface area contributed by atoms with Crippen LogP contribution in [-0.2, 0) is 6.18 Å². The lowest BCUT2D eigenvalue weighted by Crippen LogP contribution is -2.07. The van der Waals surface area contributed by atoms with Crippen LogP contribution in [0, 0.1) is 5.82 Å². The maximum Gasteiger partial charge on any atom is 0.416 e. The van der Waals surface area contributed by atoms with Crippen molar-refractivity contribution in [2.24, 2.45) is 0 Å². The Labute approximate surface area is 105 Å². The number of aromatic nitrogens is 1. The lowest BCUT2D eigenvalue weighted by molar-refractivity contribution is -0.137. The van der Waals surface area contributed by atoms with Gasteiger partial charge in [0, 0.05) is 5.56 Å². The molecular weight excluding hydrogens is 262 g/mol. The first-order valence-electron chi connectivity index (χ1n) is 5.21. The standard InChI is InChI=1S/C13H7F4NO/c14-10-5-6-11(18-7-10)12(19)8-1-3-9(4-2-8)13(15,16)17/h1-7H. The Bertz CT molecular complexity index is 588. The zero-order valence-electron chi connectivity index (χ0n) is 9.41. The Morgan fingerprint density at radius 3 is 2.11 bits per heavy atom. The molecule has 98 valence electrons. The summed E-state index contributed by atoms with van der Waals surface area (Å²) in [6.45, 7) is 0. The van der Waals surface area contributed by atoms with E-state index in [0.717, 1.165) is 36.5 Å². The van der Waals surface area contributed by atoms with E-state index in [0.29, 0.717) is 0 Å². The summed E-state index contributed by atoms with van der Waals surface area (Å²) >= 11 is 0. The second kappa shape index (κ2) is 4.79. The molecule has 0 saturated carbocycles. The third-order valence-corrected chi connectivity index (χ3v) is 2.43. The summed E-state index contributed by atoms with van der Waals surface area (Å²) in [6.07, 6.45) is -3.58. The lowest BCUT2D eigenvalue weighted by atomic mass is 10.1. The van der Waals surface area contributed by atoms with Gasteiger partial charge in [0.15, 0.2) is 0 Å². The van der Waals surface area contributed by atoms with Gasteiger partial charge in [-0.05, 0) is 24.3 Å². The van der Waals surface area contributed by atoms with Gasteiger partial charge >= 0.3 is 6.18 Å². The minimum atomic E-state index is -4.45. The molecule has 2 nitrogen and oxygen atoms in total. The van der Waals surface area contributed by atoms with Gasteiger partial charge in [0.1, 0.15) is 11.5 Å². The van der Waals surface area contributed by atoms with E-state index >= 15 is 0 Å². The van der Waals surface area contributed by atoms with Crippen molar-refractivity contribution in [2.75, 3.05) is 0 Å². The van der Waals surface area contributed by atoms with Crippen molar-refractivity contribution in [3.8, 4) is 0 Å². The molecule has 0 fully saturated rings. The molecule has 0 unspecified atom stereocenters. The highest BCUT2D eigenvalue weighted by Crippen LogP contribution is 2.29. The van der Waals surface area contributed by atoms with Crippen LogP contribution in [0.1, 0.15) is 21.6 Å². The van der Waals surface area contributed by atoms with Crippen molar-refractivity contribution in [1.82, 2.24) is 4.98 Å². The van der Waals surface area contributed by atoms with Crippen molar-refractivity contribution in [3.63, 3.8) is 0 Å². The summed E-state index contributed by atoms with van der Waals surface area (Å²) in [6, 6.07) is 6.00. The van der Waals surface area contributed by atoms with E-state index in [9.17, 15) is 22.4 Å². The fourth-order valence-electron chi connectivity index (χ4n) is 1.47. The molecule has 1 aromatic heterocycles. The van der Waals surface area contributed by atoms with Crippen molar-refractivity contribution in [2.45, 2.75) is 6.18 Å². The van der Waals surface area contributed by atoms with Crippen molar-refractivity contribution >= 4 is 5.78 Å². The number of pyridine rings is 1. The number of hydrogen-bond donors (Lipinski definition) is 0. The van der Waals surface area contributed by atoms with Gasteiger partial charge in [-0.3, -0.25) is 4.79 Å². The Morgan fingerprint density at radius 2 is 1.63 bits per heavy atom. The number of hydrogen-bond acceptors (Lipinski definition) is 2. The third-order valence-electron chi connectivity index (χ3n) is 2.43. The van der Waals surface area contributed by atoms with Crippen LogP contribution >= 0.6 is 0 Å². The van der Waals surface area contributed by atoms with Crippen LogP contribution in [0.5, 0.6) is 0 Å². The average Bonchev–Trinajstić information content (AvgIpc) is 2.38. The molecule has 0 atom stereocenters. The van der Waals surface area contributed by atoms with Gasteiger partial charge in [-0.15, -0.1) is 0 Å². The first-order valence-corrected chi connectivity index (χ1v) is 5.21. The number of alkyl halides is 3. The summed E-state index contributed by atoms with van der Waals surface area (Å²) in [5.74, 6) is -1.15. The van der Waals surface area contributed by atoms with Crippen LogP contribution in [0.15, 0.2) is 42.6 Å². The minimum Gasteiger partial charge on any atom is -0.287 e. The van der Waals surface area contributed by atoms with Gasteiger partial charge in [0.2, 0.25) is 5.78 Å². The number of ketones is 1. The Morgan fingerprint density at radius 1 is 1.00 bits per heavy atom. The Balaban J connectivity index is 2.27. The van der Waals surface area contributed by atoms with Crippen LogP contribution in [-0.4, -0.2) is 10.8 Å². The molecule has 1 heterocycles. The van der Waals surface area contributed by atoms with Gasteiger partial charge < -0.3 is 0 Å². The smallest absolute Gasteiger partial charge is 0.287 e. The number of benzene rings is 1. The van der Waals surface area contributed by atoms with Crippen molar-refractivity contribution in [1.29, 1.82) is 0 Å². The first kappa shape index (κ1) is 13.2. The number of carbonyl (C=O) groups excluding carboxylic acids is 1. The van der Waals surface area contributed by atoms with E-state index < -0.39 is 23.3 Å². The summed E-state index contributed by atoms with van der Waals surface area (Å²) < 4.78 is 49.7. The van der Waals surface area contributed by atoms with Crippen molar-refractivity contribution < 1.29 is 22.4 Å². The predicted molar refractivity (Wildman–Crippen MR) is 59.1 cm³/mol. The normalized spacial score (nSPS) is 11.4. The molecule has 0 saturated heterocycles. The summed E-state index contributed by atoms with van der Waals surface area (Å²) in [5, 5.41) is 0. The lowest BCUT2D eigenvalue weighted by Gasteiger charge is -2.07. The molecule has 0 aliphatic rings. The monoisotopic (exact) mass is 269 g/mol. The molecule has 2 rings (SSSR count). The zero-order chi connectivity index (χ0) is 14.0. The van der Waals surface area contributed by atoms with Crippen LogP contribution in [0.25, 0.3) is 0 Å². The Kier molecular flexibility index (Phi) is 3.33. The molecule has 0 spiro atoms. The second-order valence-corrected chi connectivity index (χ2v) is 3.77. The molecule has 0 amide bonds. The maximum absolute atomic E-state index is 12.6. The van der Waals surface area contributed by atoms with Gasteiger partial charge in [0.25, 0.3) is 0 Å². The molecule has 6 heteroatoms. The zero-order valence-corrected chi connectivity index (χ0v) is 9.41. The molecule has 0 radical (unpaired) electrons. The van der Waals surface area contributed by atoms with E-state index in [1.54, 1.807) is 0 Å². The molecule has 19 heavy (non-hydrogen) atoms. The number of nitrogens with zero attached hydrogens (tertiary/aromatic N) is 1. The molecule has 0 N–H and O–H groups in total. The van der Waals surface area contributed by atoms with Crippen LogP contribution < -0.4 is 0 Å². The van der Waals surface area contributed by atoms with Gasteiger partial charge in [-0.2, -0.15) is 13.2 Å². The summed E-state index contributed by atoms with van der Waals surface area (Å²) in [7, 11) is 0. The first-order chi connectivity index (χ1) is 8.88. The molecular formula is C13H7F4NO. The van der Waals surface area contributed by atoms with Gasteiger partial charge in [-0.25, -0.2) is 9.37 Å². The quantitative estimate of drug-likeness (QED) is 0.617. The SMILES string of the molecule is O=C(c1ccc(C(F)(F)F)cc1)c1ccc(F)cn1. The van der Waals surface area contributed by atoms with E-state index in [1.165, 1.54) is 6.07 Å². The second-order valence-electron chi connectivity index (χ2n) is 3.77. The van der Waals surface area contributed by atoms with E-state index in [2.05, 4.69) is 4.98 Å². The van der Waals surface area contributed by atoms with Crippen LogP contribution in [0.2, 0.25) is 0 Å². The van der Waals surface area contributed by atoms with Gasteiger partial charge in [-0.1, -0.05) is 12.1 Å². The number of rotatable bonds is 2. The highest BCUT2D eigenvalue weighted by Gasteiger charge is 2.30. The molecule has 0 aliphatic carbocycles. The highest BCUT2D eigenvalue weighted by atomic mass is 19.4. The van der Waals surface area contributed by atoms with Crippen LogP contribution in [0.3, 0.4) is 0 Å². The van der Waals surface area contributed by atoms with E-state index in [1.807, 2.05) is 0 Å². The van der Waals surface area contributed by atoms with Gasteiger partial charge in [0.05, 0.1) is 11.8 Å². The number of halogens is 4. The van der Waals surface area contributed by atoms with Crippen molar-refractivity contribution in [3.05, 3.63) is 65.2 Å². The number of carbonyl (C=O) groups is 1. The molecule has 2 aromatic rings. The van der Waals surface area contributed by atoms with Crippen LogP contribution in [0.4, 0.5) is 17.6 Å². The summed E-state index contributed by atoms with van der Waals surface area (Å²) in [5.41, 5.74) is -0.801. The maximum atomic E-state index is 12.6. The molecule has 0 bridgehead atoms. The third kappa shape index (κ3) is 2.96. The minimum absolute atomic E-state index is 0.0267. The topological polar surface area (TPSA) is 30.0 Å². The molecule has 0 aliphatic heterocycles. The average molecular weight is 269 g/mol. The predicted octanol–water partition coefficient (Wildman–Crippen LogP) is 3.47. The summed E-state index contributed by atoms with van der Waals surface area (Å²) in [4.78, 5) is 15.4. The highest BCUT2D eigenvalue weighted by molar-refractivity contribution is 6.07. The fourth-order valence-corrected chi connectivity index (χ4v) is 1.47. The van der Waals surface area contributed by atoms with E-state index in [-0.39, 0.29) is 11.3 Å². The molecule has 1 aromatic carbocycles.